The quantitative estimate of drug-likeness (QED) is 0.654. The summed E-state index contributed by atoms with van der Waals surface area (Å²) in [6.45, 7) is 3.43. The van der Waals surface area contributed by atoms with Gasteiger partial charge in [-0.05, 0) is 24.6 Å². The minimum Gasteiger partial charge on any atom is -0.506 e. The zero-order valence-electron chi connectivity index (χ0n) is 10.8. The maximum Gasteiger partial charge on any atom is 0.323 e. The van der Waals surface area contributed by atoms with E-state index in [1.54, 1.807) is 6.07 Å². The van der Waals surface area contributed by atoms with E-state index in [9.17, 15) is 9.90 Å². The number of benzene rings is 1. The summed E-state index contributed by atoms with van der Waals surface area (Å²) in [5.74, 6) is -1.11. The van der Waals surface area contributed by atoms with Gasteiger partial charge in [-0.15, -0.1) is 0 Å². The number of carboxylic acids is 1. The number of carboxylic acid groups (broad SMARTS) is 1. The van der Waals surface area contributed by atoms with Crippen molar-refractivity contribution in [2.24, 2.45) is 5.73 Å². The second kappa shape index (κ2) is 9.32. The van der Waals surface area contributed by atoms with Gasteiger partial charge in [-0.3, -0.25) is 4.79 Å². The van der Waals surface area contributed by atoms with Crippen LogP contribution in [0.3, 0.4) is 0 Å². The summed E-state index contributed by atoms with van der Waals surface area (Å²) in [5.41, 5.74) is 4.91. The first kappa shape index (κ1) is 19.7. The average molecular weight is 292 g/mol. The number of carbonyl (C=O) groups excluding carboxylic acids is 1. The standard InChI is InChI=1S/C10H12ClNO3.CH4O.CH2O/c1-10(12,9(14)15)5-6-2-3-8(13)7(11)4-6;2*1-2/h2-4,13H,5,12H2,1H3,(H,14,15);2H,1H3;1H2. The van der Waals surface area contributed by atoms with Gasteiger partial charge >= 0.3 is 5.97 Å². The number of phenolic OH excluding ortho intramolecular Hbond substituents is 1. The highest BCUT2D eigenvalue weighted by Gasteiger charge is 2.28. The average Bonchev–Trinajstić information content (AvgIpc) is 2.38. The Labute approximate surface area is 116 Å². The van der Waals surface area contributed by atoms with Crippen LogP contribution in [0.25, 0.3) is 0 Å². The van der Waals surface area contributed by atoms with E-state index >= 15 is 0 Å². The lowest BCUT2D eigenvalue weighted by Gasteiger charge is -2.19. The molecule has 0 fully saturated rings. The number of carbonyl (C=O) groups is 2. The number of aliphatic hydroxyl groups excluding tert-OH is 1. The molecule has 0 bridgehead atoms. The van der Waals surface area contributed by atoms with Crippen LogP contribution in [-0.2, 0) is 16.0 Å². The minimum absolute atomic E-state index is 0.0329. The molecule has 0 aliphatic carbocycles. The number of rotatable bonds is 3. The van der Waals surface area contributed by atoms with Gasteiger partial charge in [0.15, 0.2) is 0 Å². The van der Waals surface area contributed by atoms with Gasteiger partial charge in [-0.2, -0.15) is 0 Å². The summed E-state index contributed by atoms with van der Waals surface area (Å²) in [6.07, 6.45) is 0.155. The van der Waals surface area contributed by atoms with Gasteiger partial charge < -0.3 is 25.8 Å². The van der Waals surface area contributed by atoms with Crippen LogP contribution in [0.2, 0.25) is 5.02 Å². The third-order valence-electron chi connectivity index (χ3n) is 2.07. The first-order valence-corrected chi connectivity index (χ1v) is 5.44. The lowest BCUT2D eigenvalue weighted by Crippen LogP contribution is -2.46. The van der Waals surface area contributed by atoms with E-state index in [1.165, 1.54) is 19.1 Å². The predicted molar refractivity (Wildman–Crippen MR) is 72.3 cm³/mol. The highest BCUT2D eigenvalue weighted by molar-refractivity contribution is 6.32. The van der Waals surface area contributed by atoms with E-state index in [1.807, 2.05) is 6.79 Å². The van der Waals surface area contributed by atoms with Crippen LogP contribution in [-0.4, -0.2) is 40.7 Å². The van der Waals surface area contributed by atoms with Crippen molar-refractivity contribution in [2.45, 2.75) is 18.9 Å². The Morgan fingerprint density at radius 1 is 1.42 bits per heavy atom. The molecule has 0 radical (unpaired) electrons. The molecule has 19 heavy (non-hydrogen) atoms. The second-order valence-electron chi connectivity index (χ2n) is 3.69. The van der Waals surface area contributed by atoms with Gasteiger partial charge in [0.05, 0.1) is 5.02 Å². The molecule has 0 saturated heterocycles. The van der Waals surface area contributed by atoms with Gasteiger partial charge in [0.25, 0.3) is 0 Å². The molecule has 0 amide bonds. The Bertz CT molecular complexity index is 409. The highest BCUT2D eigenvalue weighted by Crippen LogP contribution is 2.25. The molecule has 0 aliphatic heterocycles. The Morgan fingerprint density at radius 3 is 2.26 bits per heavy atom. The molecule has 0 heterocycles. The van der Waals surface area contributed by atoms with Crippen LogP contribution in [0, 0.1) is 0 Å². The molecular formula is C12H18ClNO5. The Kier molecular flexibility index (Phi) is 9.67. The molecule has 0 aliphatic rings. The van der Waals surface area contributed by atoms with Crippen molar-refractivity contribution in [3.63, 3.8) is 0 Å². The number of phenols is 1. The van der Waals surface area contributed by atoms with Gasteiger partial charge in [0.1, 0.15) is 18.1 Å². The van der Waals surface area contributed by atoms with Gasteiger partial charge in [-0.1, -0.05) is 17.7 Å². The van der Waals surface area contributed by atoms with Crippen molar-refractivity contribution >= 4 is 24.4 Å². The third kappa shape index (κ3) is 6.76. The fourth-order valence-corrected chi connectivity index (χ4v) is 1.36. The van der Waals surface area contributed by atoms with Crippen LogP contribution in [0.1, 0.15) is 12.5 Å². The largest absolute Gasteiger partial charge is 0.506 e. The first-order chi connectivity index (χ1) is 8.83. The van der Waals surface area contributed by atoms with Crippen molar-refractivity contribution in [1.82, 2.24) is 0 Å². The van der Waals surface area contributed by atoms with Crippen molar-refractivity contribution in [3.8, 4) is 5.75 Å². The smallest absolute Gasteiger partial charge is 0.323 e. The number of hydrogen-bond donors (Lipinski definition) is 4. The van der Waals surface area contributed by atoms with Gasteiger partial charge in [0.2, 0.25) is 0 Å². The lowest BCUT2D eigenvalue weighted by atomic mass is 9.94. The van der Waals surface area contributed by atoms with Crippen LogP contribution in [0.5, 0.6) is 5.75 Å². The van der Waals surface area contributed by atoms with E-state index in [-0.39, 0.29) is 17.2 Å². The molecule has 7 heteroatoms. The zero-order valence-corrected chi connectivity index (χ0v) is 11.5. The molecule has 108 valence electrons. The number of aliphatic carboxylic acids is 1. The van der Waals surface area contributed by atoms with E-state index in [0.29, 0.717) is 5.56 Å². The highest BCUT2D eigenvalue weighted by atomic mass is 35.5. The molecular weight excluding hydrogens is 274 g/mol. The second-order valence-corrected chi connectivity index (χ2v) is 4.09. The molecule has 0 aromatic heterocycles. The van der Waals surface area contributed by atoms with Crippen molar-refractivity contribution in [1.29, 1.82) is 0 Å². The Morgan fingerprint density at radius 2 is 1.89 bits per heavy atom. The fourth-order valence-electron chi connectivity index (χ4n) is 1.16. The normalized spacial score (nSPS) is 12.1. The van der Waals surface area contributed by atoms with E-state index in [4.69, 9.17) is 32.3 Å². The summed E-state index contributed by atoms with van der Waals surface area (Å²) in [4.78, 5) is 18.8. The molecule has 1 aromatic rings. The summed E-state index contributed by atoms with van der Waals surface area (Å²) < 4.78 is 0. The summed E-state index contributed by atoms with van der Waals surface area (Å²) >= 11 is 5.68. The summed E-state index contributed by atoms with van der Waals surface area (Å²) in [5, 5.41) is 25.2. The molecule has 0 spiro atoms. The molecule has 0 saturated carbocycles. The maximum atomic E-state index is 10.8. The Hall–Kier alpha value is -1.63. The van der Waals surface area contributed by atoms with Gasteiger partial charge in [0, 0.05) is 13.5 Å². The first-order valence-electron chi connectivity index (χ1n) is 5.06. The number of aliphatic hydroxyl groups is 1. The molecule has 5 N–H and O–H groups in total. The number of hydrogen-bond acceptors (Lipinski definition) is 5. The lowest BCUT2D eigenvalue weighted by molar-refractivity contribution is -0.142. The maximum absolute atomic E-state index is 10.8. The van der Waals surface area contributed by atoms with E-state index in [0.717, 1.165) is 7.11 Å². The van der Waals surface area contributed by atoms with Crippen LogP contribution in [0.4, 0.5) is 0 Å². The third-order valence-corrected chi connectivity index (χ3v) is 2.37. The number of nitrogens with two attached hydrogens (primary N) is 1. The monoisotopic (exact) mass is 291 g/mol. The van der Waals surface area contributed by atoms with Gasteiger partial charge in [-0.25, -0.2) is 0 Å². The van der Waals surface area contributed by atoms with Crippen LogP contribution >= 0.6 is 11.6 Å². The van der Waals surface area contributed by atoms with Crippen molar-refractivity contribution in [3.05, 3.63) is 28.8 Å². The topological polar surface area (TPSA) is 121 Å². The van der Waals surface area contributed by atoms with Crippen LogP contribution < -0.4 is 5.73 Å². The Balaban J connectivity index is 0. The summed E-state index contributed by atoms with van der Waals surface area (Å²) in [7, 11) is 1.00. The number of aromatic hydroxyl groups is 1. The van der Waals surface area contributed by atoms with Crippen molar-refractivity contribution in [2.75, 3.05) is 7.11 Å². The minimum atomic E-state index is -1.33. The van der Waals surface area contributed by atoms with Crippen molar-refractivity contribution < 1.29 is 24.9 Å². The molecule has 6 nitrogen and oxygen atoms in total. The SMILES string of the molecule is C=O.CC(N)(Cc1ccc(O)c(Cl)c1)C(=O)O.CO. The number of halogens is 1. The molecule has 1 atom stereocenters. The molecule has 1 rings (SSSR count). The van der Waals surface area contributed by atoms with E-state index < -0.39 is 11.5 Å². The van der Waals surface area contributed by atoms with Crippen LogP contribution in [0.15, 0.2) is 18.2 Å². The van der Waals surface area contributed by atoms with E-state index in [2.05, 4.69) is 0 Å². The summed E-state index contributed by atoms with van der Waals surface area (Å²) in [6, 6.07) is 4.51. The molecule has 1 aromatic carbocycles. The molecule has 1 unspecified atom stereocenters. The fraction of sp³-hybridized carbons (Fsp3) is 0.333. The zero-order chi connectivity index (χ0) is 15.6. The predicted octanol–water partition coefficient (Wildman–Crippen LogP) is 0.814.